The molecule has 29 heteroatoms. The van der Waals surface area contributed by atoms with Crippen molar-refractivity contribution in [2.45, 2.75) is 56.0 Å². The molecule has 0 aliphatic carbocycles. The smallest absolute Gasteiger partial charge is 0.416 e. The molecule has 8 rings (SSSR count). The molecule has 0 aliphatic heterocycles. The highest BCUT2D eigenvalue weighted by molar-refractivity contribution is 7.20. The highest BCUT2D eigenvalue weighted by Crippen LogP contribution is 2.42. The average Bonchev–Trinajstić information content (AvgIpc) is 0.854. The fraction of sp³-hybridized carbons (Fsp3) is 0.164. The van der Waals surface area contributed by atoms with Crippen LogP contribution in [0.15, 0.2) is 164 Å². The van der Waals surface area contributed by atoms with Gasteiger partial charge in [-0.05, 0) is 53.9 Å². The fourth-order valence-corrected chi connectivity index (χ4v) is 9.33. The van der Waals surface area contributed by atoms with E-state index >= 15 is 0 Å². The number of aromatic nitrogens is 1. The number of nitrogens with zero attached hydrogens (tertiary/aromatic N) is 1. The SMILES string of the molecule is FC(F)(F)c1cc([B-](c2cc(C(F)(F)F)cc(C(F)(F)F)c2)(c2cc(C(F)(F)F)cc(C(F)(F)F)c2)c2cc(C(F)(F)F)cc(C(F)(F)F)c2)cc(C(F)(F)F)c1.O=C(Oc1cccc(Cl)c1)c1c2ccccc2cc[n+]1Cc1ccccc1. The summed E-state index contributed by atoms with van der Waals surface area (Å²) >= 11 is 6.01. The highest BCUT2D eigenvalue weighted by Gasteiger charge is 2.47. The van der Waals surface area contributed by atoms with Crippen molar-refractivity contribution in [3.63, 3.8) is 0 Å². The van der Waals surface area contributed by atoms with Crippen molar-refractivity contribution < 1.29 is 119 Å². The number of fused-ring (bicyclic) bond motifs is 1. The molecule has 0 unspecified atom stereocenters. The molecule has 0 spiro atoms. The Morgan fingerprint density at radius 3 is 1.02 bits per heavy atom. The Kier molecular flexibility index (Phi) is 17.1. The first-order chi connectivity index (χ1) is 38.5. The molecule has 0 saturated heterocycles. The Bertz CT molecular complexity index is 3290. The molecule has 444 valence electrons. The zero-order chi connectivity index (χ0) is 62.6. The normalized spacial score (nSPS) is 13.2. The minimum Gasteiger partial charge on any atom is -0.418 e. The van der Waals surface area contributed by atoms with E-state index in [2.05, 4.69) is 0 Å². The number of carbonyl (C=O) groups excluding carboxylic acids is 1. The molecular weight excluding hydrogens is 1210 g/mol. The molecule has 0 bridgehead atoms. The van der Waals surface area contributed by atoms with Crippen LogP contribution in [0.4, 0.5) is 105 Å². The topological polar surface area (TPSA) is 30.2 Å². The summed E-state index contributed by atoms with van der Waals surface area (Å²) in [6.45, 7) is 0.575. The van der Waals surface area contributed by atoms with Gasteiger partial charge in [0.15, 0.2) is 12.7 Å². The third-order valence-electron chi connectivity index (χ3n) is 12.8. The second-order valence-corrected chi connectivity index (χ2v) is 18.9. The van der Waals surface area contributed by atoms with Gasteiger partial charge in [0.1, 0.15) is 11.9 Å². The lowest BCUT2D eigenvalue weighted by Crippen LogP contribution is -2.75. The van der Waals surface area contributed by atoms with Crippen molar-refractivity contribution >= 4 is 56.3 Å². The van der Waals surface area contributed by atoms with E-state index in [4.69, 9.17) is 16.3 Å². The number of pyridine rings is 1. The van der Waals surface area contributed by atoms with Gasteiger partial charge in [0.2, 0.25) is 0 Å². The largest absolute Gasteiger partial charge is 0.418 e. The Balaban J connectivity index is 0.000000309. The maximum absolute atomic E-state index is 14.2. The first-order valence-corrected chi connectivity index (χ1v) is 23.6. The number of alkyl halides is 24. The minimum atomic E-state index is -6.13. The maximum Gasteiger partial charge on any atom is 0.416 e. The third kappa shape index (κ3) is 14.3. The van der Waals surface area contributed by atoms with Crippen LogP contribution in [0.3, 0.4) is 0 Å². The lowest BCUT2D eigenvalue weighted by Gasteiger charge is -2.46. The Hall–Kier alpha value is -7.91. The number of carbonyl (C=O) groups is 1. The number of ether oxygens (including phenoxy) is 1. The number of rotatable bonds is 8. The van der Waals surface area contributed by atoms with E-state index in [-0.39, 0.29) is 0 Å². The van der Waals surface area contributed by atoms with Crippen molar-refractivity contribution in [1.82, 2.24) is 0 Å². The molecular formula is C55H29BClF24NO2. The molecule has 0 atom stereocenters. The van der Waals surface area contributed by atoms with Crippen LogP contribution >= 0.6 is 11.6 Å². The van der Waals surface area contributed by atoms with Gasteiger partial charge < -0.3 is 4.74 Å². The zero-order valence-electron chi connectivity index (χ0n) is 41.1. The molecule has 0 N–H and O–H groups in total. The number of hydrogen-bond donors (Lipinski definition) is 0. The van der Waals surface area contributed by atoms with Crippen LogP contribution in [0.25, 0.3) is 10.8 Å². The molecule has 1 aromatic heterocycles. The summed E-state index contributed by atoms with van der Waals surface area (Å²) in [4.78, 5) is 13.1. The van der Waals surface area contributed by atoms with Crippen LogP contribution in [-0.4, -0.2) is 12.1 Å². The lowest BCUT2D eigenvalue weighted by molar-refractivity contribution is -0.689. The number of esters is 1. The average molecular weight is 1240 g/mol. The quantitative estimate of drug-likeness (QED) is 0.0499. The van der Waals surface area contributed by atoms with Crippen LogP contribution in [0.2, 0.25) is 5.02 Å². The van der Waals surface area contributed by atoms with Gasteiger partial charge in [0.25, 0.3) is 5.69 Å². The van der Waals surface area contributed by atoms with Gasteiger partial charge in [-0.3, -0.25) is 0 Å². The molecule has 8 aromatic rings. The maximum atomic E-state index is 14.2. The molecule has 0 aliphatic rings. The molecule has 0 saturated carbocycles. The highest BCUT2D eigenvalue weighted by atomic mass is 35.5. The van der Waals surface area contributed by atoms with Crippen LogP contribution < -0.4 is 31.2 Å². The summed E-state index contributed by atoms with van der Waals surface area (Å²) in [5.74, 6) is 0.0108. The Morgan fingerprint density at radius 1 is 0.381 bits per heavy atom. The number of hydrogen-bond acceptors (Lipinski definition) is 2. The predicted molar refractivity (Wildman–Crippen MR) is 256 cm³/mol. The van der Waals surface area contributed by atoms with Gasteiger partial charge in [-0.25, -0.2) is 4.79 Å². The first kappa shape index (κ1) is 63.7. The van der Waals surface area contributed by atoms with E-state index in [1.165, 1.54) is 0 Å². The summed E-state index contributed by atoms with van der Waals surface area (Å²) in [5.41, 5.74) is -28.6. The van der Waals surface area contributed by atoms with Crippen molar-refractivity contribution in [3.05, 3.63) is 225 Å². The Morgan fingerprint density at radius 2 is 0.702 bits per heavy atom. The molecule has 0 radical (unpaired) electrons. The van der Waals surface area contributed by atoms with Gasteiger partial charge in [0.05, 0.1) is 49.9 Å². The van der Waals surface area contributed by atoms with Crippen molar-refractivity contribution in [1.29, 1.82) is 0 Å². The first-order valence-electron chi connectivity index (χ1n) is 23.3. The second kappa shape index (κ2) is 22.6. The van der Waals surface area contributed by atoms with Crippen molar-refractivity contribution in [2.75, 3.05) is 0 Å². The van der Waals surface area contributed by atoms with E-state index in [0.29, 0.717) is 23.0 Å². The van der Waals surface area contributed by atoms with Crippen molar-refractivity contribution in [2.24, 2.45) is 0 Å². The standard InChI is InChI=1S/C32H12BF24.C23H17ClNO2/c34-25(35,36)13-1-14(26(37,38)39)6-21(5-13)33(22-7-15(27(40,41)42)2-16(8-22)28(43,44)45,23-9-17(29(46,47)48)3-18(10-23)30(49,50)51)24-11-19(31(52,53)54)4-20(12-24)32(55,56)57;24-19-10-6-11-20(15-19)27-23(26)22-21-12-5-4-9-18(21)13-14-25(22)16-17-7-2-1-3-8-17/h1-12H;1-15H,16H2/q-1;+1. The molecule has 0 fully saturated rings. The molecule has 0 amide bonds. The predicted octanol–water partition coefficient (Wildman–Crippen LogP) is 16.3. The monoisotopic (exact) mass is 1240 g/mol. The van der Waals surface area contributed by atoms with Gasteiger partial charge in [-0.15, -0.1) is 0 Å². The van der Waals surface area contributed by atoms with Gasteiger partial charge >= 0.3 is 55.4 Å². The van der Waals surface area contributed by atoms with Crippen LogP contribution in [0.5, 0.6) is 5.75 Å². The van der Waals surface area contributed by atoms with E-state index in [0.717, 1.165) is 16.3 Å². The van der Waals surface area contributed by atoms with E-state index in [1.54, 1.807) is 24.3 Å². The van der Waals surface area contributed by atoms with E-state index in [1.807, 2.05) is 71.4 Å². The molecule has 7 aromatic carbocycles. The van der Waals surface area contributed by atoms with Gasteiger partial charge in [-0.2, -0.15) is 132 Å². The van der Waals surface area contributed by atoms with Crippen LogP contribution in [0.1, 0.15) is 60.6 Å². The lowest BCUT2D eigenvalue weighted by atomic mass is 9.12. The summed E-state index contributed by atoms with van der Waals surface area (Å²) in [5, 5.41) is 2.36. The summed E-state index contributed by atoms with van der Waals surface area (Å²) in [6, 6.07) is 17.9. The summed E-state index contributed by atoms with van der Waals surface area (Å²) < 4.78 is 348. The van der Waals surface area contributed by atoms with Crippen molar-refractivity contribution in [3.8, 4) is 5.75 Å². The number of benzene rings is 7. The summed E-state index contributed by atoms with van der Waals surface area (Å²) in [7, 11) is 0. The van der Waals surface area contributed by atoms with E-state index < -0.39 is 201 Å². The molecule has 84 heavy (non-hydrogen) atoms. The zero-order valence-corrected chi connectivity index (χ0v) is 41.8. The fourth-order valence-electron chi connectivity index (χ4n) is 9.15. The second-order valence-electron chi connectivity index (χ2n) is 18.4. The Labute approximate surface area is 461 Å². The minimum absolute atomic E-state index is 0.412. The third-order valence-corrected chi connectivity index (χ3v) is 13.0. The molecule has 1 heterocycles. The van der Waals surface area contributed by atoms with Gasteiger partial charge in [0, 0.05) is 16.7 Å². The summed E-state index contributed by atoms with van der Waals surface area (Å²) in [6.07, 6.45) is -52.9. The van der Waals surface area contributed by atoms with E-state index in [9.17, 15) is 110 Å². The van der Waals surface area contributed by atoms with Crippen LogP contribution in [-0.2, 0) is 56.0 Å². The van der Waals surface area contributed by atoms with Gasteiger partial charge in [-0.1, -0.05) is 115 Å². The molecule has 3 nitrogen and oxygen atoms in total. The van der Waals surface area contributed by atoms with Crippen LogP contribution in [0, 0.1) is 0 Å². The number of halogens is 25.